The molecule has 0 amide bonds. The summed E-state index contributed by atoms with van der Waals surface area (Å²) in [6.07, 6.45) is 9.33. The van der Waals surface area contributed by atoms with E-state index in [9.17, 15) is 15.3 Å². The molecule has 2 saturated carbocycles. The summed E-state index contributed by atoms with van der Waals surface area (Å²) in [6, 6.07) is 12.6. The third kappa shape index (κ3) is 4.50. The zero-order chi connectivity index (χ0) is 29.0. The Morgan fingerprint density at radius 2 is 1.15 bits per heavy atom. The molecule has 0 aromatic heterocycles. The minimum Gasteiger partial charge on any atom is -0.508 e. The summed E-state index contributed by atoms with van der Waals surface area (Å²) in [6.45, 7) is 14.9. The zero-order valence-corrected chi connectivity index (χ0v) is 25.6. The maximum Gasteiger partial charge on any atom is 0.121 e. The molecule has 2 fully saturated rings. The minimum atomic E-state index is -0.173. The number of aromatic hydroxyl groups is 3. The summed E-state index contributed by atoms with van der Waals surface area (Å²) in [5, 5.41) is 31.7. The first kappa shape index (κ1) is 28.6. The van der Waals surface area contributed by atoms with Crippen molar-refractivity contribution in [2.45, 2.75) is 111 Å². The summed E-state index contributed by atoms with van der Waals surface area (Å²) in [5.74, 6) is 2.42. The third-order valence-corrected chi connectivity index (χ3v) is 11.2. The van der Waals surface area contributed by atoms with E-state index in [1.165, 1.54) is 53.5 Å². The molecule has 40 heavy (non-hydrogen) atoms. The van der Waals surface area contributed by atoms with Gasteiger partial charge in [-0.2, -0.15) is 0 Å². The fraction of sp³-hybridized carbons (Fsp3) is 0.514. The lowest BCUT2D eigenvalue weighted by atomic mass is 9.52. The number of aryl methyl sites for hydroxylation is 2. The van der Waals surface area contributed by atoms with Crippen molar-refractivity contribution in [1.82, 2.24) is 0 Å². The third-order valence-electron chi connectivity index (χ3n) is 11.2. The molecular formula is C37H48O3. The summed E-state index contributed by atoms with van der Waals surface area (Å²) in [4.78, 5) is 0. The van der Waals surface area contributed by atoms with Crippen molar-refractivity contribution >= 4 is 0 Å². The van der Waals surface area contributed by atoms with E-state index in [4.69, 9.17) is 0 Å². The second kappa shape index (κ2) is 10.5. The molecule has 0 aliphatic heterocycles. The van der Waals surface area contributed by atoms with E-state index in [0.717, 1.165) is 47.9 Å². The van der Waals surface area contributed by atoms with Crippen molar-refractivity contribution in [2.24, 2.45) is 11.8 Å². The second-order valence-electron chi connectivity index (χ2n) is 13.4. The quantitative estimate of drug-likeness (QED) is 0.309. The van der Waals surface area contributed by atoms with Crippen LogP contribution in [0.25, 0.3) is 0 Å². The molecule has 3 nitrogen and oxygen atoms in total. The zero-order valence-electron chi connectivity index (χ0n) is 25.6. The number of hydrogen-bond donors (Lipinski definition) is 3. The lowest BCUT2D eigenvalue weighted by Gasteiger charge is -2.52. The van der Waals surface area contributed by atoms with Gasteiger partial charge in [-0.15, -0.1) is 0 Å². The Labute approximate surface area is 241 Å². The van der Waals surface area contributed by atoms with Crippen molar-refractivity contribution in [2.75, 3.05) is 0 Å². The summed E-state index contributed by atoms with van der Waals surface area (Å²) in [7, 11) is 0. The standard InChI is InChI=1S/C37H48O3/c1-22-9-8-16-37(21-22,29-10-12-31(38)13-11-29)30-14-17-36(18-15-30,32-19-23(2)34(39)27(6)25(32)4)33-20-24(3)35(40)28(7)26(33)5/h10-13,19-20,22,30,38-40H,8-9,14-18,21H2,1-7H3. The van der Waals surface area contributed by atoms with Gasteiger partial charge in [0.25, 0.3) is 0 Å². The van der Waals surface area contributed by atoms with E-state index in [0.29, 0.717) is 29.1 Å². The van der Waals surface area contributed by atoms with Crippen molar-refractivity contribution in [3.63, 3.8) is 0 Å². The molecule has 3 heteroatoms. The molecule has 2 aliphatic rings. The van der Waals surface area contributed by atoms with Crippen molar-refractivity contribution in [1.29, 1.82) is 0 Å². The molecule has 3 aromatic rings. The average Bonchev–Trinajstić information content (AvgIpc) is 2.95. The van der Waals surface area contributed by atoms with Crippen LogP contribution in [0.5, 0.6) is 17.2 Å². The van der Waals surface area contributed by atoms with Gasteiger partial charge in [0.2, 0.25) is 0 Å². The van der Waals surface area contributed by atoms with E-state index in [1.807, 2.05) is 39.8 Å². The maximum absolute atomic E-state index is 10.8. The molecule has 3 aromatic carbocycles. The Morgan fingerprint density at radius 3 is 1.62 bits per heavy atom. The SMILES string of the molecule is Cc1cc(C2(c3cc(C)c(O)c(C)c3C)CCC(C3(c4ccc(O)cc4)CCCC(C)C3)CC2)c(C)c(C)c1O. The lowest BCUT2D eigenvalue weighted by Crippen LogP contribution is -2.45. The van der Waals surface area contributed by atoms with Gasteiger partial charge < -0.3 is 15.3 Å². The highest BCUT2D eigenvalue weighted by molar-refractivity contribution is 5.58. The molecule has 2 unspecified atom stereocenters. The van der Waals surface area contributed by atoms with Gasteiger partial charge in [0.1, 0.15) is 17.2 Å². The number of benzene rings is 3. The number of hydrogen-bond acceptors (Lipinski definition) is 3. The first-order valence-electron chi connectivity index (χ1n) is 15.3. The van der Waals surface area contributed by atoms with Crippen LogP contribution in [0.3, 0.4) is 0 Å². The van der Waals surface area contributed by atoms with Crippen LogP contribution < -0.4 is 0 Å². The lowest BCUT2D eigenvalue weighted by molar-refractivity contribution is 0.103. The molecule has 5 rings (SSSR count). The molecule has 0 saturated heterocycles. The largest absolute Gasteiger partial charge is 0.508 e. The van der Waals surface area contributed by atoms with Gasteiger partial charge in [0.05, 0.1) is 0 Å². The highest BCUT2D eigenvalue weighted by Crippen LogP contribution is 2.57. The van der Waals surface area contributed by atoms with Crippen LogP contribution in [0.15, 0.2) is 36.4 Å². The highest BCUT2D eigenvalue weighted by Gasteiger charge is 2.49. The minimum absolute atomic E-state index is 0.142. The van der Waals surface area contributed by atoms with Crippen LogP contribution in [0.1, 0.15) is 108 Å². The van der Waals surface area contributed by atoms with Gasteiger partial charge >= 0.3 is 0 Å². The van der Waals surface area contributed by atoms with Gasteiger partial charge in [0, 0.05) is 5.41 Å². The van der Waals surface area contributed by atoms with Crippen molar-refractivity contribution in [3.05, 3.63) is 86.5 Å². The van der Waals surface area contributed by atoms with Crippen molar-refractivity contribution < 1.29 is 15.3 Å². The molecule has 2 atom stereocenters. The van der Waals surface area contributed by atoms with Gasteiger partial charge in [-0.05, 0) is 160 Å². The summed E-state index contributed by atoms with van der Waals surface area (Å²) in [5.41, 5.74) is 10.2. The maximum atomic E-state index is 10.8. The van der Waals surface area contributed by atoms with Crippen molar-refractivity contribution in [3.8, 4) is 17.2 Å². The number of rotatable bonds is 4. The molecule has 3 N–H and O–H groups in total. The molecule has 2 aliphatic carbocycles. The summed E-state index contributed by atoms with van der Waals surface area (Å²) >= 11 is 0. The Morgan fingerprint density at radius 1 is 0.650 bits per heavy atom. The van der Waals surface area contributed by atoms with E-state index >= 15 is 0 Å². The molecule has 214 valence electrons. The Hall–Kier alpha value is -2.94. The van der Waals surface area contributed by atoms with Gasteiger partial charge in [0.15, 0.2) is 0 Å². The monoisotopic (exact) mass is 540 g/mol. The first-order valence-corrected chi connectivity index (χ1v) is 15.3. The number of phenols is 3. The number of phenolic OH excluding ortho intramolecular Hbond substituents is 3. The summed E-state index contributed by atoms with van der Waals surface area (Å²) < 4.78 is 0. The van der Waals surface area contributed by atoms with E-state index in [1.54, 1.807) is 0 Å². The van der Waals surface area contributed by atoms with E-state index < -0.39 is 0 Å². The Bertz CT molecular complexity index is 1340. The molecule has 0 heterocycles. The second-order valence-corrected chi connectivity index (χ2v) is 13.4. The normalized spacial score (nSPS) is 23.3. The molecule has 0 bridgehead atoms. The fourth-order valence-electron chi connectivity index (χ4n) is 8.73. The fourth-order valence-corrected chi connectivity index (χ4v) is 8.73. The van der Waals surface area contributed by atoms with Crippen LogP contribution in [0.4, 0.5) is 0 Å². The smallest absolute Gasteiger partial charge is 0.121 e. The highest BCUT2D eigenvalue weighted by atomic mass is 16.3. The molecule has 0 spiro atoms. The van der Waals surface area contributed by atoms with Crippen LogP contribution in [0.2, 0.25) is 0 Å². The first-order chi connectivity index (χ1) is 18.9. The van der Waals surface area contributed by atoms with Gasteiger partial charge in [-0.1, -0.05) is 44.0 Å². The van der Waals surface area contributed by atoms with E-state index in [2.05, 4.69) is 45.0 Å². The van der Waals surface area contributed by atoms with Gasteiger partial charge in [-0.25, -0.2) is 0 Å². The molecular weight excluding hydrogens is 492 g/mol. The van der Waals surface area contributed by atoms with E-state index in [-0.39, 0.29) is 10.8 Å². The Balaban J connectivity index is 1.64. The Kier molecular flexibility index (Phi) is 7.48. The van der Waals surface area contributed by atoms with Gasteiger partial charge in [-0.3, -0.25) is 0 Å². The average molecular weight is 541 g/mol. The molecule has 0 radical (unpaired) electrons. The van der Waals surface area contributed by atoms with Crippen LogP contribution in [-0.2, 0) is 10.8 Å². The van der Waals surface area contributed by atoms with Crippen LogP contribution in [0, 0.1) is 53.4 Å². The predicted octanol–water partition coefficient (Wildman–Crippen LogP) is 9.28. The van der Waals surface area contributed by atoms with Crippen LogP contribution in [-0.4, -0.2) is 15.3 Å². The topological polar surface area (TPSA) is 60.7 Å². The van der Waals surface area contributed by atoms with Crippen LogP contribution >= 0.6 is 0 Å². The predicted molar refractivity (Wildman–Crippen MR) is 165 cm³/mol.